The number of nitrogens with two attached hydrogens (primary N) is 2. The molecule has 0 bridgehead atoms. The highest BCUT2D eigenvalue weighted by atomic mass is 16.6. The number of rotatable bonds is 19. The Morgan fingerprint density at radius 3 is 1.40 bits per heavy atom. The highest BCUT2D eigenvalue weighted by Crippen LogP contribution is 2.48. The van der Waals surface area contributed by atoms with E-state index >= 15 is 0 Å². The molecule has 6 amide bonds. The lowest BCUT2D eigenvalue weighted by molar-refractivity contribution is 0.159. The lowest BCUT2D eigenvalue weighted by Crippen LogP contribution is -2.30. The molecule has 0 radical (unpaired) electrons. The second-order valence-electron chi connectivity index (χ2n) is 13.8. The van der Waals surface area contributed by atoms with Crippen LogP contribution < -0.4 is 43.4 Å². The average molecular weight is 779 g/mol. The molecule has 57 heavy (non-hydrogen) atoms. The van der Waals surface area contributed by atoms with E-state index in [0.29, 0.717) is 61.8 Å². The lowest BCUT2D eigenvalue weighted by atomic mass is 9.90. The highest BCUT2D eigenvalue weighted by molar-refractivity contribution is 5.93. The van der Waals surface area contributed by atoms with Crippen LogP contribution in [0.25, 0.3) is 11.1 Å². The summed E-state index contributed by atoms with van der Waals surface area (Å²) in [6.45, 7) is 3.96. The molecular weight excluding hydrogens is 725 g/mol. The number of unbranched alkanes of at least 4 members (excludes halogenated alkanes) is 3. The summed E-state index contributed by atoms with van der Waals surface area (Å²) >= 11 is 0. The fourth-order valence-corrected chi connectivity index (χ4v) is 6.59. The van der Waals surface area contributed by atoms with Crippen LogP contribution in [0.2, 0.25) is 0 Å². The Hall–Kier alpha value is -6.12. The molecule has 4 aromatic rings. The zero-order valence-electron chi connectivity index (χ0n) is 32.5. The van der Waals surface area contributed by atoms with E-state index < -0.39 is 12.2 Å². The molecule has 4 aromatic carbocycles. The summed E-state index contributed by atoms with van der Waals surface area (Å²) < 4.78 is 10.5. The Morgan fingerprint density at radius 2 is 0.982 bits per heavy atom. The van der Waals surface area contributed by atoms with Gasteiger partial charge in [-0.25, -0.2) is 19.2 Å². The number of hydrogen-bond donors (Lipinski definition) is 8. The monoisotopic (exact) mass is 778 g/mol. The van der Waals surface area contributed by atoms with E-state index in [1.54, 1.807) is 24.3 Å². The average Bonchev–Trinajstić information content (AvgIpc) is 3.51. The van der Waals surface area contributed by atoms with Gasteiger partial charge < -0.3 is 42.2 Å². The van der Waals surface area contributed by atoms with E-state index in [1.165, 1.54) is 0 Å². The third-order valence-corrected chi connectivity index (χ3v) is 9.56. The molecule has 0 aliphatic heterocycles. The van der Waals surface area contributed by atoms with Gasteiger partial charge in [-0.2, -0.15) is 0 Å². The molecule has 14 nitrogen and oxygen atoms in total. The number of amides is 6. The van der Waals surface area contributed by atoms with Gasteiger partial charge in [-0.1, -0.05) is 69.0 Å². The Bertz CT molecular complexity index is 1820. The van der Waals surface area contributed by atoms with Crippen LogP contribution >= 0.6 is 0 Å². The molecule has 0 heterocycles. The minimum Gasteiger partial charge on any atom is -0.449 e. The molecule has 10 N–H and O–H groups in total. The number of fused-ring (bicyclic) bond motifs is 3. The molecular formula is C43H54N8O6. The maximum absolute atomic E-state index is 12.8. The lowest BCUT2D eigenvalue weighted by Gasteiger charge is -2.16. The smallest absolute Gasteiger partial charge is 0.411 e. The largest absolute Gasteiger partial charge is 0.449 e. The highest BCUT2D eigenvalue weighted by Gasteiger charge is 2.29. The zero-order chi connectivity index (χ0) is 40.4. The van der Waals surface area contributed by atoms with Gasteiger partial charge in [0, 0.05) is 54.8 Å². The molecule has 0 saturated heterocycles. The van der Waals surface area contributed by atoms with Crippen molar-refractivity contribution in [2.45, 2.75) is 70.9 Å². The van der Waals surface area contributed by atoms with E-state index in [9.17, 15) is 19.2 Å². The van der Waals surface area contributed by atoms with Crippen molar-refractivity contribution < 1.29 is 28.7 Å². The van der Waals surface area contributed by atoms with Crippen molar-refractivity contribution in [1.29, 1.82) is 0 Å². The molecule has 5 rings (SSSR count). The first-order valence-corrected chi connectivity index (χ1v) is 19.6. The molecule has 0 atom stereocenters. The molecule has 14 heteroatoms. The van der Waals surface area contributed by atoms with Crippen molar-refractivity contribution >= 4 is 47.0 Å². The fourth-order valence-electron chi connectivity index (χ4n) is 6.59. The molecule has 0 saturated carbocycles. The number of benzene rings is 4. The minimum absolute atomic E-state index is 0.102. The van der Waals surface area contributed by atoms with E-state index in [4.69, 9.17) is 20.9 Å². The van der Waals surface area contributed by atoms with Crippen molar-refractivity contribution in [3.63, 3.8) is 0 Å². The third kappa shape index (κ3) is 13.0. The van der Waals surface area contributed by atoms with Gasteiger partial charge in [-0.05, 0) is 101 Å². The van der Waals surface area contributed by atoms with Gasteiger partial charge in [-0.15, -0.1) is 0 Å². The molecule has 1 aliphatic rings. The van der Waals surface area contributed by atoms with Crippen LogP contribution in [0.3, 0.4) is 0 Å². The van der Waals surface area contributed by atoms with Crippen LogP contribution in [0, 0.1) is 0 Å². The second-order valence-corrected chi connectivity index (χ2v) is 13.8. The summed E-state index contributed by atoms with van der Waals surface area (Å²) in [5.41, 5.74) is 20.2. The second kappa shape index (κ2) is 21.8. The van der Waals surface area contributed by atoms with Crippen molar-refractivity contribution in [1.82, 2.24) is 10.6 Å². The summed E-state index contributed by atoms with van der Waals surface area (Å²) in [5, 5.41) is 16.9. The van der Waals surface area contributed by atoms with Gasteiger partial charge in [0.15, 0.2) is 0 Å². The first-order valence-electron chi connectivity index (χ1n) is 19.6. The third-order valence-electron chi connectivity index (χ3n) is 9.56. The predicted octanol–water partition coefficient (Wildman–Crippen LogP) is 8.21. The molecule has 0 spiro atoms. The fraction of sp³-hybridized carbons (Fsp3) is 0.349. The number of anilines is 4. The van der Waals surface area contributed by atoms with Crippen molar-refractivity contribution in [3.05, 3.63) is 107 Å². The van der Waals surface area contributed by atoms with Crippen LogP contribution in [0.4, 0.5) is 41.9 Å². The Balaban J connectivity index is 1.07. The molecule has 302 valence electrons. The van der Waals surface area contributed by atoms with Crippen LogP contribution in [-0.4, -0.2) is 50.6 Å². The van der Waals surface area contributed by atoms with Gasteiger partial charge >= 0.3 is 24.2 Å². The van der Waals surface area contributed by atoms with E-state index in [2.05, 4.69) is 38.8 Å². The van der Waals surface area contributed by atoms with Crippen molar-refractivity contribution in [2.75, 3.05) is 47.6 Å². The van der Waals surface area contributed by atoms with Crippen LogP contribution in [0.15, 0.2) is 84.9 Å². The normalized spacial score (nSPS) is 11.5. The number of carbonyl (C=O) groups excluding carboxylic acids is 4. The van der Waals surface area contributed by atoms with E-state index in [-0.39, 0.29) is 31.2 Å². The first kappa shape index (κ1) is 42.0. The summed E-state index contributed by atoms with van der Waals surface area (Å²) in [4.78, 5) is 49.8. The maximum Gasteiger partial charge on any atom is 0.411 e. The quantitative estimate of drug-likeness (QED) is 0.0434. The minimum atomic E-state index is -0.568. The van der Waals surface area contributed by atoms with Crippen molar-refractivity contribution in [3.8, 4) is 11.1 Å². The van der Waals surface area contributed by atoms with Gasteiger partial charge in [0.25, 0.3) is 0 Å². The topological polar surface area (TPSA) is 211 Å². The molecule has 0 aromatic heterocycles. The number of urea groups is 2. The SMILES string of the molecule is CCCCCCC1c2cc(NC(=O)NCCCOC(=O)Nc3ccc(CN)cc3)ccc2-c2ccc(NC(=O)NCCCOC(=O)Nc3ccc(CN)cc3)cc21. The number of carbonyl (C=O) groups is 4. The Kier molecular flexibility index (Phi) is 16.1. The zero-order valence-corrected chi connectivity index (χ0v) is 32.5. The van der Waals surface area contributed by atoms with Gasteiger partial charge in [0.05, 0.1) is 13.2 Å². The number of ether oxygens (including phenoxy) is 2. The van der Waals surface area contributed by atoms with Gasteiger partial charge in [-0.3, -0.25) is 10.6 Å². The van der Waals surface area contributed by atoms with Gasteiger partial charge in [0.2, 0.25) is 0 Å². The standard InChI is InChI=1S/C43H54N8O6/c1-2-3-4-5-8-35-38-25-33(48-40(52)46-21-6-23-56-42(54)50-31-13-9-29(27-44)10-14-31)17-19-36(38)37-20-18-34(26-39(35)37)49-41(53)47-22-7-24-57-43(55)51-32-15-11-30(28-45)12-16-32/h9-20,25-26,35H,2-8,21-24,27-28,44-45H2,1H3,(H,50,54)(H,51,55)(H2,46,48,52)(H2,47,49,53). The van der Waals surface area contributed by atoms with Crippen LogP contribution in [0.5, 0.6) is 0 Å². The molecule has 0 fully saturated rings. The molecule has 1 aliphatic carbocycles. The van der Waals surface area contributed by atoms with E-state index in [0.717, 1.165) is 65.5 Å². The van der Waals surface area contributed by atoms with Crippen LogP contribution in [-0.2, 0) is 22.6 Å². The van der Waals surface area contributed by atoms with Crippen molar-refractivity contribution in [2.24, 2.45) is 11.5 Å². The Morgan fingerprint density at radius 1 is 0.544 bits per heavy atom. The maximum atomic E-state index is 12.8. The summed E-state index contributed by atoms with van der Waals surface area (Å²) in [7, 11) is 0. The summed E-state index contributed by atoms with van der Waals surface area (Å²) in [6, 6.07) is 25.6. The predicted molar refractivity (Wildman–Crippen MR) is 224 cm³/mol. The number of nitrogens with one attached hydrogen (secondary N) is 6. The summed E-state index contributed by atoms with van der Waals surface area (Å²) in [5.74, 6) is 0.102. The van der Waals surface area contributed by atoms with Gasteiger partial charge in [0.1, 0.15) is 0 Å². The summed E-state index contributed by atoms with van der Waals surface area (Å²) in [6.07, 6.45) is 5.16. The Labute approximate surface area is 333 Å². The van der Waals surface area contributed by atoms with Crippen LogP contribution in [0.1, 0.15) is 80.0 Å². The van der Waals surface area contributed by atoms with E-state index in [1.807, 2.05) is 60.7 Å². The first-order chi connectivity index (χ1) is 27.8. The molecule has 0 unspecified atom stereocenters. The number of hydrogen-bond acceptors (Lipinski definition) is 8.